The number of nitrogens with one attached hydrogen (secondary N) is 1. The third kappa shape index (κ3) is 2.96. The maximum absolute atomic E-state index is 13.8. The van der Waals surface area contributed by atoms with E-state index in [1.54, 1.807) is 0 Å². The lowest BCUT2D eigenvalue weighted by Gasteiger charge is -2.39. The summed E-state index contributed by atoms with van der Waals surface area (Å²) in [5.74, 6) is -1.34. The Balaban J connectivity index is 2.38. The summed E-state index contributed by atoms with van der Waals surface area (Å²) in [4.78, 5) is 11.5. The van der Waals surface area contributed by atoms with Crippen LogP contribution >= 0.6 is 10.7 Å². The molecule has 1 aromatic carbocycles. The van der Waals surface area contributed by atoms with Crippen LogP contribution < -0.4 is 5.32 Å². The highest BCUT2D eigenvalue weighted by atomic mass is 35.7. The van der Waals surface area contributed by atoms with Crippen molar-refractivity contribution in [2.75, 3.05) is 0 Å². The number of aryl methyl sites for hydroxylation is 1. The molecule has 1 amide bonds. The monoisotopic (exact) mass is 319 g/mol. The predicted octanol–water partition coefficient (Wildman–Crippen LogP) is 2.73. The van der Waals surface area contributed by atoms with E-state index in [0.717, 1.165) is 25.3 Å². The summed E-state index contributed by atoms with van der Waals surface area (Å²) in [6.07, 6.45) is 2.79. The van der Waals surface area contributed by atoms with Gasteiger partial charge in [-0.3, -0.25) is 4.79 Å². The third-order valence-electron chi connectivity index (χ3n) is 3.62. The van der Waals surface area contributed by atoms with Crippen molar-refractivity contribution >= 4 is 25.6 Å². The molecule has 0 spiro atoms. The zero-order valence-electron chi connectivity index (χ0n) is 11.2. The molecule has 110 valence electrons. The Kier molecular flexibility index (Phi) is 3.81. The standard InChI is InChI=1S/C13H15ClFNO3S/c1-8-6-9(7-10(11(8)15)20(14,18)19)12(17)16-13(2)4-3-5-13/h6-7H,3-5H2,1-2H3,(H,16,17). The van der Waals surface area contributed by atoms with Gasteiger partial charge in [-0.2, -0.15) is 0 Å². The molecule has 1 aromatic rings. The van der Waals surface area contributed by atoms with Crippen LogP contribution in [0.4, 0.5) is 4.39 Å². The fourth-order valence-corrected chi connectivity index (χ4v) is 3.20. The Morgan fingerprint density at radius 1 is 1.40 bits per heavy atom. The number of carbonyl (C=O) groups is 1. The average molecular weight is 320 g/mol. The van der Waals surface area contributed by atoms with E-state index in [1.165, 1.54) is 13.0 Å². The van der Waals surface area contributed by atoms with Crippen molar-refractivity contribution in [1.82, 2.24) is 5.32 Å². The highest BCUT2D eigenvalue weighted by Gasteiger charge is 2.33. The SMILES string of the molecule is Cc1cc(C(=O)NC2(C)CCC2)cc(S(=O)(=O)Cl)c1F. The van der Waals surface area contributed by atoms with Gasteiger partial charge in [0.1, 0.15) is 10.7 Å². The summed E-state index contributed by atoms with van der Waals surface area (Å²) in [6.45, 7) is 3.31. The molecule has 7 heteroatoms. The molecule has 0 radical (unpaired) electrons. The highest BCUT2D eigenvalue weighted by Crippen LogP contribution is 2.31. The molecular weight excluding hydrogens is 305 g/mol. The molecule has 1 saturated carbocycles. The second-order valence-electron chi connectivity index (χ2n) is 5.41. The van der Waals surface area contributed by atoms with Crippen LogP contribution in [0.3, 0.4) is 0 Å². The minimum Gasteiger partial charge on any atom is -0.347 e. The van der Waals surface area contributed by atoms with Gasteiger partial charge in [0.25, 0.3) is 15.0 Å². The summed E-state index contributed by atoms with van der Waals surface area (Å²) in [5.41, 5.74) is -0.105. The van der Waals surface area contributed by atoms with Crippen molar-refractivity contribution in [2.24, 2.45) is 0 Å². The molecular formula is C13H15ClFNO3S. The summed E-state index contributed by atoms with van der Waals surface area (Å²) in [5, 5.41) is 2.84. The van der Waals surface area contributed by atoms with Crippen molar-refractivity contribution < 1.29 is 17.6 Å². The second kappa shape index (κ2) is 5.00. The minimum atomic E-state index is -4.23. The number of amides is 1. The van der Waals surface area contributed by atoms with Crippen LogP contribution in [0.15, 0.2) is 17.0 Å². The van der Waals surface area contributed by atoms with E-state index in [4.69, 9.17) is 10.7 Å². The van der Waals surface area contributed by atoms with Crippen LogP contribution in [-0.2, 0) is 9.05 Å². The quantitative estimate of drug-likeness (QED) is 0.871. The molecule has 1 fully saturated rings. The first-order valence-electron chi connectivity index (χ1n) is 6.20. The zero-order chi connectivity index (χ0) is 15.1. The smallest absolute Gasteiger partial charge is 0.264 e. The van der Waals surface area contributed by atoms with Crippen LogP contribution in [0.2, 0.25) is 0 Å². The molecule has 20 heavy (non-hydrogen) atoms. The molecule has 0 heterocycles. The van der Waals surface area contributed by atoms with Crippen molar-refractivity contribution in [3.63, 3.8) is 0 Å². The maximum atomic E-state index is 13.8. The van der Waals surface area contributed by atoms with Gasteiger partial charge in [0.2, 0.25) is 0 Å². The van der Waals surface area contributed by atoms with Gasteiger partial charge in [-0.05, 0) is 50.8 Å². The van der Waals surface area contributed by atoms with Crippen LogP contribution in [0.5, 0.6) is 0 Å². The first-order valence-corrected chi connectivity index (χ1v) is 8.51. The van der Waals surface area contributed by atoms with Crippen molar-refractivity contribution in [3.05, 3.63) is 29.1 Å². The van der Waals surface area contributed by atoms with Gasteiger partial charge in [-0.25, -0.2) is 12.8 Å². The van der Waals surface area contributed by atoms with Crippen LogP contribution in [0, 0.1) is 12.7 Å². The lowest BCUT2D eigenvalue weighted by Crippen LogP contribution is -2.50. The molecule has 1 aliphatic carbocycles. The normalized spacial score (nSPS) is 17.4. The van der Waals surface area contributed by atoms with Crippen LogP contribution in [0.25, 0.3) is 0 Å². The van der Waals surface area contributed by atoms with Gasteiger partial charge >= 0.3 is 0 Å². The Labute approximate surface area is 121 Å². The van der Waals surface area contributed by atoms with Gasteiger partial charge in [-0.1, -0.05) is 0 Å². The number of rotatable bonds is 3. The summed E-state index contributed by atoms with van der Waals surface area (Å²) in [7, 11) is 0.954. The molecule has 0 aromatic heterocycles. The Bertz CT molecular complexity index is 668. The van der Waals surface area contributed by atoms with E-state index in [9.17, 15) is 17.6 Å². The summed E-state index contributed by atoms with van der Waals surface area (Å²) < 4.78 is 36.4. The zero-order valence-corrected chi connectivity index (χ0v) is 12.7. The average Bonchev–Trinajstić information content (AvgIpc) is 2.28. The van der Waals surface area contributed by atoms with Crippen molar-refractivity contribution in [2.45, 2.75) is 43.5 Å². The molecule has 0 unspecified atom stereocenters. The van der Waals surface area contributed by atoms with E-state index in [1.807, 2.05) is 6.92 Å². The molecule has 1 N–H and O–H groups in total. The minimum absolute atomic E-state index is 0.0654. The van der Waals surface area contributed by atoms with E-state index < -0.39 is 25.7 Å². The van der Waals surface area contributed by atoms with Crippen LogP contribution in [-0.4, -0.2) is 19.9 Å². The van der Waals surface area contributed by atoms with Gasteiger partial charge < -0.3 is 5.32 Å². The predicted molar refractivity (Wildman–Crippen MR) is 73.9 cm³/mol. The number of carbonyl (C=O) groups excluding carboxylic acids is 1. The lowest BCUT2D eigenvalue weighted by molar-refractivity contribution is 0.0850. The highest BCUT2D eigenvalue weighted by molar-refractivity contribution is 8.13. The topological polar surface area (TPSA) is 63.2 Å². The van der Waals surface area contributed by atoms with Gasteiger partial charge in [0.15, 0.2) is 0 Å². The fourth-order valence-electron chi connectivity index (χ4n) is 2.22. The summed E-state index contributed by atoms with van der Waals surface area (Å²) >= 11 is 0. The molecule has 2 rings (SSSR count). The van der Waals surface area contributed by atoms with E-state index in [2.05, 4.69) is 5.32 Å². The Hall–Kier alpha value is -1.14. The van der Waals surface area contributed by atoms with Crippen molar-refractivity contribution in [1.29, 1.82) is 0 Å². The molecule has 0 atom stereocenters. The van der Waals surface area contributed by atoms with E-state index in [0.29, 0.717) is 0 Å². The number of hydrogen-bond acceptors (Lipinski definition) is 3. The Morgan fingerprint density at radius 2 is 2.00 bits per heavy atom. The fraction of sp³-hybridized carbons (Fsp3) is 0.462. The molecule has 0 bridgehead atoms. The number of benzene rings is 1. The van der Waals surface area contributed by atoms with Gasteiger partial charge in [0, 0.05) is 21.8 Å². The Morgan fingerprint density at radius 3 is 2.45 bits per heavy atom. The third-order valence-corrected chi connectivity index (χ3v) is 4.94. The molecule has 1 aliphatic rings. The number of hydrogen-bond donors (Lipinski definition) is 1. The second-order valence-corrected chi connectivity index (χ2v) is 7.95. The van der Waals surface area contributed by atoms with Gasteiger partial charge in [-0.15, -0.1) is 0 Å². The lowest BCUT2D eigenvalue weighted by atomic mass is 9.78. The maximum Gasteiger partial charge on any atom is 0.264 e. The molecule has 0 aliphatic heterocycles. The van der Waals surface area contributed by atoms with Crippen molar-refractivity contribution in [3.8, 4) is 0 Å². The molecule has 0 saturated heterocycles. The first-order chi connectivity index (χ1) is 9.12. The molecule has 4 nitrogen and oxygen atoms in total. The van der Waals surface area contributed by atoms with Crippen LogP contribution in [0.1, 0.15) is 42.1 Å². The number of halogens is 2. The summed E-state index contributed by atoms with van der Waals surface area (Å²) in [6, 6.07) is 2.29. The largest absolute Gasteiger partial charge is 0.347 e. The first kappa shape index (κ1) is 15.3. The van der Waals surface area contributed by atoms with E-state index in [-0.39, 0.29) is 16.7 Å². The van der Waals surface area contributed by atoms with Gasteiger partial charge in [0.05, 0.1) is 0 Å². The van der Waals surface area contributed by atoms with E-state index >= 15 is 0 Å².